The molecule has 0 aliphatic heterocycles. The van der Waals surface area contributed by atoms with E-state index in [9.17, 15) is 4.79 Å². The predicted molar refractivity (Wildman–Crippen MR) is 79.6 cm³/mol. The molecular formula is C14H23ClN2O2. The zero-order chi connectivity index (χ0) is 13.2. The minimum atomic E-state index is -0.0838. The molecular weight excluding hydrogens is 264 g/mol. The third-order valence-electron chi connectivity index (χ3n) is 2.77. The number of benzene rings is 1. The van der Waals surface area contributed by atoms with Gasteiger partial charge in [0.05, 0.1) is 6.10 Å². The highest BCUT2D eigenvalue weighted by Crippen LogP contribution is 2.14. The van der Waals surface area contributed by atoms with E-state index in [4.69, 9.17) is 4.74 Å². The van der Waals surface area contributed by atoms with Crippen molar-refractivity contribution in [2.45, 2.75) is 18.9 Å². The molecule has 0 spiro atoms. The van der Waals surface area contributed by atoms with Gasteiger partial charge in [0.2, 0.25) is 5.91 Å². The molecule has 1 amide bonds. The van der Waals surface area contributed by atoms with Crippen LogP contribution in [0.3, 0.4) is 0 Å². The summed E-state index contributed by atoms with van der Waals surface area (Å²) in [6, 6.07) is 9.90. The van der Waals surface area contributed by atoms with Gasteiger partial charge in [-0.3, -0.25) is 4.79 Å². The van der Waals surface area contributed by atoms with Crippen molar-refractivity contribution >= 4 is 18.3 Å². The van der Waals surface area contributed by atoms with Gasteiger partial charge in [0.1, 0.15) is 0 Å². The fourth-order valence-electron chi connectivity index (χ4n) is 1.73. The van der Waals surface area contributed by atoms with Gasteiger partial charge in [-0.05, 0) is 25.6 Å². The van der Waals surface area contributed by atoms with E-state index in [0.717, 1.165) is 18.5 Å². The summed E-state index contributed by atoms with van der Waals surface area (Å²) in [4.78, 5) is 11.6. The molecule has 1 aromatic rings. The minimum absolute atomic E-state index is 0. The number of hydrogen-bond donors (Lipinski definition) is 2. The Morgan fingerprint density at radius 1 is 1.32 bits per heavy atom. The van der Waals surface area contributed by atoms with Gasteiger partial charge < -0.3 is 15.4 Å². The van der Waals surface area contributed by atoms with Gasteiger partial charge in [-0.15, -0.1) is 12.4 Å². The van der Waals surface area contributed by atoms with Crippen molar-refractivity contribution in [1.29, 1.82) is 0 Å². The van der Waals surface area contributed by atoms with Gasteiger partial charge >= 0.3 is 0 Å². The van der Waals surface area contributed by atoms with Crippen LogP contribution in [0.1, 0.15) is 24.5 Å². The van der Waals surface area contributed by atoms with Crippen LogP contribution in [0.5, 0.6) is 0 Å². The summed E-state index contributed by atoms with van der Waals surface area (Å²) < 4.78 is 5.39. The Labute approximate surface area is 121 Å². The van der Waals surface area contributed by atoms with Crippen LogP contribution >= 0.6 is 12.4 Å². The SMILES string of the molecule is CNCCCC(=O)NCC(OC)c1ccccc1.Cl. The zero-order valence-electron chi connectivity index (χ0n) is 11.5. The van der Waals surface area contributed by atoms with Crippen LogP contribution in [0, 0.1) is 0 Å². The number of halogens is 1. The Kier molecular flexibility index (Phi) is 10.2. The Morgan fingerprint density at radius 2 is 2.00 bits per heavy atom. The summed E-state index contributed by atoms with van der Waals surface area (Å²) in [6.07, 6.45) is 1.32. The summed E-state index contributed by atoms with van der Waals surface area (Å²) in [5.74, 6) is 0.0724. The van der Waals surface area contributed by atoms with Crippen LogP contribution in [0.15, 0.2) is 30.3 Å². The molecule has 0 saturated carbocycles. The maximum Gasteiger partial charge on any atom is 0.220 e. The van der Waals surface area contributed by atoms with Gasteiger partial charge in [-0.2, -0.15) is 0 Å². The molecule has 0 fully saturated rings. The lowest BCUT2D eigenvalue weighted by Crippen LogP contribution is -2.29. The van der Waals surface area contributed by atoms with Gasteiger partial charge in [0, 0.05) is 20.1 Å². The highest BCUT2D eigenvalue weighted by molar-refractivity contribution is 5.85. The first-order chi connectivity index (χ1) is 8.77. The fourth-order valence-corrected chi connectivity index (χ4v) is 1.73. The summed E-state index contributed by atoms with van der Waals surface area (Å²) >= 11 is 0. The summed E-state index contributed by atoms with van der Waals surface area (Å²) in [5, 5.41) is 5.92. The Balaban J connectivity index is 0.00000324. The van der Waals surface area contributed by atoms with E-state index in [2.05, 4.69) is 10.6 Å². The second-order valence-corrected chi connectivity index (χ2v) is 4.15. The molecule has 1 unspecified atom stereocenters. The topological polar surface area (TPSA) is 50.4 Å². The lowest BCUT2D eigenvalue weighted by molar-refractivity contribution is -0.121. The number of methoxy groups -OCH3 is 1. The normalized spacial score (nSPS) is 11.5. The number of carbonyl (C=O) groups excluding carboxylic acids is 1. The molecule has 2 N–H and O–H groups in total. The minimum Gasteiger partial charge on any atom is -0.375 e. The first kappa shape index (κ1) is 17.9. The van der Waals surface area contributed by atoms with E-state index in [-0.39, 0.29) is 24.4 Å². The Hall–Kier alpha value is -1.10. The second-order valence-electron chi connectivity index (χ2n) is 4.15. The van der Waals surface area contributed by atoms with Crippen LogP contribution in [0.4, 0.5) is 0 Å². The molecule has 108 valence electrons. The van der Waals surface area contributed by atoms with Crippen LogP contribution in [-0.4, -0.2) is 33.2 Å². The van der Waals surface area contributed by atoms with E-state index in [0.29, 0.717) is 13.0 Å². The van der Waals surface area contributed by atoms with E-state index in [1.165, 1.54) is 0 Å². The molecule has 0 aromatic heterocycles. The van der Waals surface area contributed by atoms with Crippen molar-refractivity contribution in [1.82, 2.24) is 10.6 Å². The van der Waals surface area contributed by atoms with Crippen molar-refractivity contribution in [2.75, 3.05) is 27.2 Å². The number of amides is 1. The van der Waals surface area contributed by atoms with Crippen molar-refractivity contribution in [2.24, 2.45) is 0 Å². The van der Waals surface area contributed by atoms with Gasteiger partial charge in [0.15, 0.2) is 0 Å². The van der Waals surface area contributed by atoms with Crippen molar-refractivity contribution < 1.29 is 9.53 Å². The third-order valence-corrected chi connectivity index (χ3v) is 2.77. The monoisotopic (exact) mass is 286 g/mol. The molecule has 0 bridgehead atoms. The van der Waals surface area contributed by atoms with Gasteiger partial charge in [0.25, 0.3) is 0 Å². The highest BCUT2D eigenvalue weighted by Gasteiger charge is 2.11. The van der Waals surface area contributed by atoms with Crippen LogP contribution in [0.2, 0.25) is 0 Å². The van der Waals surface area contributed by atoms with Crippen LogP contribution in [-0.2, 0) is 9.53 Å². The molecule has 0 radical (unpaired) electrons. The van der Waals surface area contributed by atoms with Gasteiger partial charge in [-0.1, -0.05) is 30.3 Å². The van der Waals surface area contributed by atoms with E-state index in [1.807, 2.05) is 37.4 Å². The predicted octanol–water partition coefficient (Wildman–Crippen LogP) is 1.91. The van der Waals surface area contributed by atoms with Crippen molar-refractivity contribution in [3.8, 4) is 0 Å². The molecule has 19 heavy (non-hydrogen) atoms. The standard InChI is InChI=1S/C14H22N2O2.ClH/c1-15-10-6-9-14(17)16-11-13(18-2)12-7-4-3-5-8-12;/h3-5,7-8,13,15H,6,9-11H2,1-2H3,(H,16,17);1H. The van der Waals surface area contributed by atoms with E-state index >= 15 is 0 Å². The van der Waals surface area contributed by atoms with Crippen molar-refractivity contribution in [3.63, 3.8) is 0 Å². The average molecular weight is 287 g/mol. The molecule has 0 heterocycles. The third kappa shape index (κ3) is 7.15. The Morgan fingerprint density at radius 3 is 2.58 bits per heavy atom. The number of hydrogen-bond acceptors (Lipinski definition) is 3. The molecule has 1 rings (SSSR count). The lowest BCUT2D eigenvalue weighted by Gasteiger charge is -2.16. The molecule has 0 aliphatic carbocycles. The Bertz CT molecular complexity index is 347. The van der Waals surface area contributed by atoms with Gasteiger partial charge in [-0.25, -0.2) is 0 Å². The van der Waals surface area contributed by atoms with Crippen LogP contribution in [0.25, 0.3) is 0 Å². The molecule has 0 aliphatic rings. The molecule has 4 nitrogen and oxygen atoms in total. The lowest BCUT2D eigenvalue weighted by atomic mass is 10.1. The maximum absolute atomic E-state index is 11.6. The summed E-state index contributed by atoms with van der Waals surface area (Å²) in [5.41, 5.74) is 1.08. The number of carbonyl (C=O) groups is 1. The molecule has 1 atom stereocenters. The zero-order valence-corrected chi connectivity index (χ0v) is 12.3. The van der Waals surface area contributed by atoms with E-state index < -0.39 is 0 Å². The molecule has 5 heteroatoms. The summed E-state index contributed by atoms with van der Waals surface area (Å²) in [6.45, 7) is 1.37. The fraction of sp³-hybridized carbons (Fsp3) is 0.500. The maximum atomic E-state index is 11.6. The smallest absolute Gasteiger partial charge is 0.220 e. The summed E-state index contributed by atoms with van der Waals surface area (Å²) in [7, 11) is 3.54. The largest absolute Gasteiger partial charge is 0.375 e. The highest BCUT2D eigenvalue weighted by atomic mass is 35.5. The quantitative estimate of drug-likeness (QED) is 0.718. The second kappa shape index (κ2) is 10.8. The molecule has 0 saturated heterocycles. The molecule has 1 aromatic carbocycles. The van der Waals surface area contributed by atoms with Crippen molar-refractivity contribution in [3.05, 3.63) is 35.9 Å². The average Bonchev–Trinajstić information content (AvgIpc) is 2.41. The van der Waals surface area contributed by atoms with E-state index in [1.54, 1.807) is 7.11 Å². The van der Waals surface area contributed by atoms with Crippen LogP contribution < -0.4 is 10.6 Å². The first-order valence-corrected chi connectivity index (χ1v) is 6.27. The number of ether oxygens (including phenoxy) is 1. The first-order valence-electron chi connectivity index (χ1n) is 6.27. The number of nitrogens with one attached hydrogen (secondary N) is 2. The number of rotatable bonds is 8.